The van der Waals surface area contributed by atoms with Crippen molar-refractivity contribution in [2.75, 3.05) is 0 Å². The first-order valence-electron chi connectivity index (χ1n) is 9.03. The monoisotopic (exact) mass is 333 g/mol. The van der Waals surface area contributed by atoms with Crippen molar-refractivity contribution in [3.8, 4) is 11.1 Å². The summed E-state index contributed by atoms with van der Waals surface area (Å²) in [6.45, 7) is 0. The van der Waals surface area contributed by atoms with Crippen LogP contribution in [0.25, 0.3) is 38.5 Å². The summed E-state index contributed by atoms with van der Waals surface area (Å²) < 4.78 is 0. The molecule has 1 aromatic heterocycles. The van der Waals surface area contributed by atoms with Crippen LogP contribution in [0.3, 0.4) is 0 Å². The molecule has 0 fully saturated rings. The van der Waals surface area contributed by atoms with Crippen molar-refractivity contribution in [2.45, 2.75) is 6.42 Å². The van der Waals surface area contributed by atoms with E-state index in [4.69, 9.17) is 0 Å². The minimum Gasteiger partial charge on any atom is -0.355 e. The van der Waals surface area contributed by atoms with Crippen LogP contribution >= 0.6 is 0 Å². The van der Waals surface area contributed by atoms with Crippen LogP contribution in [0, 0.1) is 0 Å². The molecule has 1 aliphatic carbocycles. The van der Waals surface area contributed by atoms with E-state index in [9.17, 15) is 0 Å². The standard InChI is InChI=1S/C25H19N/c1-2-5-9-18(8-4-1)20-12-14-24-22(16-20)23-17-21(13-15-25(23)26-24)19-10-6-3-7-11-19/h1-4,6-17,26H,5H2. The normalized spacial score (nSPS) is 13.9. The number of aromatic amines is 1. The number of nitrogens with one attached hydrogen (secondary N) is 1. The second-order valence-electron chi connectivity index (χ2n) is 6.69. The van der Waals surface area contributed by atoms with E-state index < -0.39 is 0 Å². The van der Waals surface area contributed by atoms with Crippen LogP contribution in [0.15, 0.2) is 97.1 Å². The molecule has 0 spiro atoms. The van der Waals surface area contributed by atoms with Gasteiger partial charge in [0.15, 0.2) is 0 Å². The molecule has 1 heterocycles. The summed E-state index contributed by atoms with van der Waals surface area (Å²) in [4.78, 5) is 3.55. The summed E-state index contributed by atoms with van der Waals surface area (Å²) in [7, 11) is 0. The van der Waals surface area contributed by atoms with Crippen molar-refractivity contribution in [3.63, 3.8) is 0 Å². The first kappa shape index (κ1) is 15.0. The molecule has 0 unspecified atom stereocenters. The van der Waals surface area contributed by atoms with E-state index in [1.807, 2.05) is 0 Å². The zero-order valence-corrected chi connectivity index (χ0v) is 14.4. The van der Waals surface area contributed by atoms with Gasteiger partial charge in [-0.3, -0.25) is 0 Å². The maximum absolute atomic E-state index is 3.55. The van der Waals surface area contributed by atoms with Gasteiger partial charge in [0.25, 0.3) is 0 Å². The van der Waals surface area contributed by atoms with E-state index in [-0.39, 0.29) is 0 Å². The second kappa shape index (κ2) is 6.20. The van der Waals surface area contributed by atoms with Gasteiger partial charge < -0.3 is 4.98 Å². The fourth-order valence-corrected chi connectivity index (χ4v) is 3.68. The van der Waals surface area contributed by atoms with Gasteiger partial charge in [0.1, 0.15) is 0 Å². The average molecular weight is 333 g/mol. The van der Waals surface area contributed by atoms with Gasteiger partial charge in [-0.2, -0.15) is 0 Å². The minimum atomic E-state index is 0.979. The molecule has 0 aliphatic heterocycles. The molecule has 1 aliphatic rings. The van der Waals surface area contributed by atoms with Gasteiger partial charge in [0.05, 0.1) is 0 Å². The maximum atomic E-state index is 3.55. The fraction of sp³-hybridized carbons (Fsp3) is 0.0400. The number of rotatable bonds is 2. The maximum Gasteiger partial charge on any atom is 0.0465 e. The van der Waals surface area contributed by atoms with Gasteiger partial charge in [0, 0.05) is 21.8 Å². The van der Waals surface area contributed by atoms with Crippen molar-refractivity contribution >= 4 is 27.4 Å². The van der Waals surface area contributed by atoms with Crippen LogP contribution in [-0.4, -0.2) is 4.98 Å². The first-order chi connectivity index (χ1) is 12.9. The van der Waals surface area contributed by atoms with Crippen molar-refractivity contribution in [1.29, 1.82) is 0 Å². The second-order valence-corrected chi connectivity index (χ2v) is 6.69. The van der Waals surface area contributed by atoms with Crippen LogP contribution < -0.4 is 0 Å². The van der Waals surface area contributed by atoms with Crippen molar-refractivity contribution in [2.24, 2.45) is 0 Å². The third-order valence-electron chi connectivity index (χ3n) is 5.04. The van der Waals surface area contributed by atoms with E-state index >= 15 is 0 Å². The SMILES string of the molecule is C1=CCC=C(c2ccc3[nH]c4ccc(-c5ccccc5)cc4c3c2)C=C1. The highest BCUT2D eigenvalue weighted by atomic mass is 14.7. The predicted octanol–water partition coefficient (Wildman–Crippen LogP) is 6.89. The summed E-state index contributed by atoms with van der Waals surface area (Å²) >= 11 is 0. The lowest BCUT2D eigenvalue weighted by Crippen LogP contribution is -1.81. The Balaban J connectivity index is 1.69. The van der Waals surface area contributed by atoms with Gasteiger partial charge in [0.2, 0.25) is 0 Å². The number of aromatic nitrogens is 1. The smallest absolute Gasteiger partial charge is 0.0465 e. The fourth-order valence-electron chi connectivity index (χ4n) is 3.68. The molecule has 124 valence electrons. The molecule has 1 N–H and O–H groups in total. The zero-order valence-electron chi connectivity index (χ0n) is 14.4. The van der Waals surface area contributed by atoms with Crippen molar-refractivity contribution in [3.05, 3.63) is 103 Å². The number of fused-ring (bicyclic) bond motifs is 3. The highest BCUT2D eigenvalue weighted by Crippen LogP contribution is 2.32. The van der Waals surface area contributed by atoms with Crippen LogP contribution in [0.1, 0.15) is 12.0 Å². The summed E-state index contributed by atoms with van der Waals surface area (Å²) in [5.41, 5.74) is 7.42. The van der Waals surface area contributed by atoms with Gasteiger partial charge in [-0.05, 0) is 52.9 Å². The third-order valence-corrected chi connectivity index (χ3v) is 5.04. The summed E-state index contributed by atoms with van der Waals surface area (Å²) in [6.07, 6.45) is 11.9. The van der Waals surface area contributed by atoms with E-state index in [1.54, 1.807) is 0 Å². The molecular formula is C25H19N. The van der Waals surface area contributed by atoms with Crippen LogP contribution in [0.2, 0.25) is 0 Å². The Hall–Kier alpha value is -3.32. The molecule has 1 heteroatoms. The third kappa shape index (κ3) is 2.58. The van der Waals surface area contributed by atoms with Gasteiger partial charge >= 0.3 is 0 Å². The first-order valence-corrected chi connectivity index (χ1v) is 9.03. The van der Waals surface area contributed by atoms with Gasteiger partial charge in [-0.1, -0.05) is 72.8 Å². The minimum absolute atomic E-state index is 0.979. The Labute approximate surface area is 153 Å². The lowest BCUT2D eigenvalue weighted by Gasteiger charge is -2.04. The molecule has 0 saturated carbocycles. The number of hydrogen-bond donors (Lipinski definition) is 1. The Bertz CT molecular complexity index is 1190. The van der Waals surface area contributed by atoms with Crippen LogP contribution in [0.5, 0.6) is 0 Å². The van der Waals surface area contributed by atoms with E-state index in [1.165, 1.54) is 44.1 Å². The molecule has 0 atom stereocenters. The molecule has 1 nitrogen and oxygen atoms in total. The lowest BCUT2D eigenvalue weighted by molar-refractivity contribution is 1.41. The molecule has 0 saturated heterocycles. The van der Waals surface area contributed by atoms with E-state index in [0.29, 0.717) is 0 Å². The van der Waals surface area contributed by atoms with E-state index in [2.05, 4.69) is 102 Å². The topological polar surface area (TPSA) is 15.8 Å². The summed E-state index contributed by atoms with van der Waals surface area (Å²) in [5.74, 6) is 0. The summed E-state index contributed by atoms with van der Waals surface area (Å²) in [5, 5.41) is 2.56. The molecular weight excluding hydrogens is 314 g/mol. The van der Waals surface area contributed by atoms with Crippen LogP contribution in [-0.2, 0) is 0 Å². The molecule has 0 amide bonds. The summed E-state index contributed by atoms with van der Waals surface area (Å²) in [6, 6.07) is 23.9. The van der Waals surface area contributed by atoms with Gasteiger partial charge in [-0.15, -0.1) is 0 Å². The molecule has 4 aromatic rings. The van der Waals surface area contributed by atoms with Gasteiger partial charge in [-0.25, -0.2) is 0 Å². The Kier molecular flexibility index (Phi) is 3.57. The number of hydrogen-bond acceptors (Lipinski definition) is 0. The van der Waals surface area contributed by atoms with Crippen molar-refractivity contribution in [1.82, 2.24) is 4.98 Å². The Morgan fingerprint density at radius 1 is 0.654 bits per heavy atom. The zero-order chi connectivity index (χ0) is 17.3. The highest BCUT2D eigenvalue weighted by Gasteiger charge is 2.08. The highest BCUT2D eigenvalue weighted by molar-refractivity contribution is 6.09. The predicted molar refractivity (Wildman–Crippen MR) is 112 cm³/mol. The Morgan fingerprint density at radius 2 is 1.38 bits per heavy atom. The molecule has 5 rings (SSSR count). The molecule has 26 heavy (non-hydrogen) atoms. The van der Waals surface area contributed by atoms with Crippen LogP contribution in [0.4, 0.5) is 0 Å². The Morgan fingerprint density at radius 3 is 2.19 bits per heavy atom. The number of benzene rings is 3. The quantitative estimate of drug-likeness (QED) is 0.411. The molecule has 3 aromatic carbocycles. The largest absolute Gasteiger partial charge is 0.355 e. The number of allylic oxidation sites excluding steroid dienone is 6. The number of H-pyrrole nitrogens is 1. The van der Waals surface area contributed by atoms with E-state index in [0.717, 1.165) is 6.42 Å². The average Bonchev–Trinajstić information content (AvgIpc) is 2.86. The van der Waals surface area contributed by atoms with Crippen molar-refractivity contribution < 1.29 is 0 Å². The molecule has 0 bridgehead atoms. The molecule has 0 radical (unpaired) electrons. The lowest BCUT2D eigenvalue weighted by atomic mass is 10.00.